The first-order valence-electron chi connectivity index (χ1n) is 10.1. The molecule has 0 spiro atoms. The highest BCUT2D eigenvalue weighted by Gasteiger charge is 2.20. The lowest BCUT2D eigenvalue weighted by Crippen LogP contribution is -2.30. The average molecular weight is 472 g/mol. The first-order valence-corrected chi connectivity index (χ1v) is 11.6. The van der Waals surface area contributed by atoms with Gasteiger partial charge in [0.2, 0.25) is 10.0 Å². The third-order valence-corrected chi connectivity index (χ3v) is 6.14. The summed E-state index contributed by atoms with van der Waals surface area (Å²) in [5.41, 5.74) is 1.68. The number of sulfonamides is 1. The maximum atomic E-state index is 12.4. The molecule has 0 radical (unpaired) electrons. The lowest BCUT2D eigenvalue weighted by Gasteiger charge is -2.15. The standard InChI is InChI=1S/C23H25N3O6S/c1-16(22(27)25-18-8-10-19(11-9-18)26(2)3)32-23(28)17-6-12-21(13-7-17)33(29,30)24-15-20-5-4-14-31-20/h4-14,16,24H,15H2,1-3H3,(H,25,27)/t16-/m1/s1. The molecule has 0 fully saturated rings. The number of ether oxygens (including phenoxy) is 1. The fraction of sp³-hybridized carbons (Fsp3) is 0.217. The van der Waals surface area contributed by atoms with Crippen LogP contribution < -0.4 is 14.9 Å². The lowest BCUT2D eigenvalue weighted by atomic mass is 10.2. The Morgan fingerprint density at radius 2 is 1.70 bits per heavy atom. The fourth-order valence-electron chi connectivity index (χ4n) is 2.80. The zero-order chi connectivity index (χ0) is 24.0. The topological polar surface area (TPSA) is 118 Å². The van der Waals surface area contributed by atoms with Gasteiger partial charge in [-0.3, -0.25) is 4.79 Å². The van der Waals surface area contributed by atoms with Crippen molar-refractivity contribution in [1.82, 2.24) is 4.72 Å². The third-order valence-electron chi connectivity index (χ3n) is 4.72. The number of amides is 1. The quantitative estimate of drug-likeness (QED) is 0.461. The number of anilines is 2. The SMILES string of the molecule is C[C@@H](OC(=O)c1ccc(S(=O)(=O)NCc2ccco2)cc1)C(=O)Nc1ccc(N(C)C)cc1. The molecule has 1 aromatic heterocycles. The van der Waals surface area contributed by atoms with Crippen molar-refractivity contribution in [3.63, 3.8) is 0 Å². The van der Waals surface area contributed by atoms with Crippen molar-refractivity contribution < 1.29 is 27.2 Å². The van der Waals surface area contributed by atoms with E-state index in [1.165, 1.54) is 37.5 Å². The molecule has 0 bridgehead atoms. The van der Waals surface area contributed by atoms with Gasteiger partial charge in [0.05, 0.1) is 23.3 Å². The number of esters is 1. The molecule has 1 atom stereocenters. The maximum absolute atomic E-state index is 12.4. The number of hydrogen-bond donors (Lipinski definition) is 2. The Labute approximate surface area is 192 Å². The molecule has 0 aliphatic rings. The number of nitrogens with zero attached hydrogens (tertiary/aromatic N) is 1. The Morgan fingerprint density at radius 3 is 2.27 bits per heavy atom. The van der Waals surface area contributed by atoms with Crippen LogP contribution in [0, 0.1) is 0 Å². The predicted octanol–water partition coefficient (Wildman–Crippen LogP) is 3.01. The van der Waals surface area contributed by atoms with Gasteiger partial charge in [-0.25, -0.2) is 17.9 Å². The molecule has 0 saturated heterocycles. The summed E-state index contributed by atoms with van der Waals surface area (Å²) < 4.78 is 37.5. The van der Waals surface area contributed by atoms with E-state index in [4.69, 9.17) is 9.15 Å². The van der Waals surface area contributed by atoms with Crippen molar-refractivity contribution in [2.45, 2.75) is 24.5 Å². The predicted molar refractivity (Wildman–Crippen MR) is 123 cm³/mol. The Morgan fingerprint density at radius 1 is 1.03 bits per heavy atom. The zero-order valence-corrected chi connectivity index (χ0v) is 19.3. The largest absolute Gasteiger partial charge is 0.468 e. The second-order valence-electron chi connectivity index (χ2n) is 7.41. The van der Waals surface area contributed by atoms with E-state index in [2.05, 4.69) is 10.0 Å². The van der Waals surface area contributed by atoms with E-state index in [1.54, 1.807) is 24.3 Å². The van der Waals surface area contributed by atoms with Crippen LogP contribution >= 0.6 is 0 Å². The van der Waals surface area contributed by atoms with Crippen molar-refractivity contribution in [3.05, 3.63) is 78.3 Å². The van der Waals surface area contributed by atoms with Gasteiger partial charge in [0, 0.05) is 25.5 Å². The number of carbonyl (C=O) groups is 2. The minimum atomic E-state index is -3.79. The smallest absolute Gasteiger partial charge is 0.338 e. The summed E-state index contributed by atoms with van der Waals surface area (Å²) in [7, 11) is 0.0348. The van der Waals surface area contributed by atoms with E-state index in [0.717, 1.165) is 5.69 Å². The highest BCUT2D eigenvalue weighted by Crippen LogP contribution is 2.17. The zero-order valence-electron chi connectivity index (χ0n) is 18.4. The molecule has 174 valence electrons. The Bertz CT molecular complexity index is 1190. The molecule has 0 unspecified atom stereocenters. The van der Waals surface area contributed by atoms with Crippen LogP contribution in [0.4, 0.5) is 11.4 Å². The second-order valence-corrected chi connectivity index (χ2v) is 9.17. The number of rotatable bonds is 9. The van der Waals surface area contributed by atoms with E-state index in [9.17, 15) is 18.0 Å². The molecule has 2 aromatic carbocycles. The Balaban J connectivity index is 1.56. The highest BCUT2D eigenvalue weighted by molar-refractivity contribution is 7.89. The number of nitrogens with one attached hydrogen (secondary N) is 2. The Kier molecular flexibility index (Phi) is 7.52. The average Bonchev–Trinajstić information content (AvgIpc) is 3.32. The van der Waals surface area contributed by atoms with Gasteiger partial charge in [0.15, 0.2) is 6.10 Å². The van der Waals surface area contributed by atoms with E-state index in [1.807, 2.05) is 31.1 Å². The van der Waals surface area contributed by atoms with Gasteiger partial charge in [0.1, 0.15) is 5.76 Å². The number of hydrogen-bond acceptors (Lipinski definition) is 7. The van der Waals surface area contributed by atoms with Crippen LogP contribution in [0.5, 0.6) is 0 Å². The van der Waals surface area contributed by atoms with Gasteiger partial charge in [-0.05, 0) is 67.6 Å². The Hall–Kier alpha value is -3.63. The molecular weight excluding hydrogens is 446 g/mol. The van der Waals surface area contributed by atoms with Crippen LogP contribution in [0.15, 0.2) is 76.2 Å². The molecule has 33 heavy (non-hydrogen) atoms. The van der Waals surface area contributed by atoms with E-state index in [-0.39, 0.29) is 17.0 Å². The van der Waals surface area contributed by atoms with Crippen LogP contribution in [0.3, 0.4) is 0 Å². The van der Waals surface area contributed by atoms with E-state index >= 15 is 0 Å². The van der Waals surface area contributed by atoms with E-state index < -0.39 is 28.0 Å². The molecular formula is C23H25N3O6S. The second kappa shape index (κ2) is 10.3. The van der Waals surface area contributed by atoms with Gasteiger partial charge in [-0.15, -0.1) is 0 Å². The molecule has 1 heterocycles. The van der Waals surface area contributed by atoms with E-state index in [0.29, 0.717) is 11.4 Å². The summed E-state index contributed by atoms with van der Waals surface area (Å²) in [6.07, 6.45) is 0.399. The summed E-state index contributed by atoms with van der Waals surface area (Å²) >= 11 is 0. The fourth-order valence-corrected chi connectivity index (χ4v) is 3.80. The van der Waals surface area contributed by atoms with Crippen LogP contribution in [-0.2, 0) is 26.1 Å². The molecule has 0 saturated carbocycles. The minimum Gasteiger partial charge on any atom is -0.468 e. The molecule has 2 N–H and O–H groups in total. The molecule has 0 aliphatic carbocycles. The number of benzene rings is 2. The molecule has 10 heteroatoms. The number of carbonyl (C=O) groups excluding carboxylic acids is 2. The van der Waals surface area contributed by atoms with Gasteiger partial charge in [-0.2, -0.15) is 0 Å². The van der Waals surface area contributed by atoms with Crippen molar-refractivity contribution in [2.24, 2.45) is 0 Å². The van der Waals surface area contributed by atoms with Crippen molar-refractivity contribution in [2.75, 3.05) is 24.3 Å². The number of furan rings is 1. The lowest BCUT2D eigenvalue weighted by molar-refractivity contribution is -0.123. The van der Waals surface area contributed by atoms with Crippen molar-refractivity contribution in [3.8, 4) is 0 Å². The van der Waals surface area contributed by atoms with Crippen molar-refractivity contribution in [1.29, 1.82) is 0 Å². The maximum Gasteiger partial charge on any atom is 0.338 e. The summed E-state index contributed by atoms with van der Waals surface area (Å²) in [4.78, 5) is 26.7. The molecule has 3 rings (SSSR count). The third kappa shape index (κ3) is 6.43. The van der Waals surface area contributed by atoms with Gasteiger partial charge in [-0.1, -0.05) is 0 Å². The summed E-state index contributed by atoms with van der Waals surface area (Å²) in [6.45, 7) is 1.46. The minimum absolute atomic E-state index is 0.00360. The summed E-state index contributed by atoms with van der Waals surface area (Å²) in [5.74, 6) is -0.755. The normalized spacial score (nSPS) is 12.1. The molecule has 3 aromatic rings. The first kappa shape index (κ1) is 24.0. The van der Waals surface area contributed by atoms with Gasteiger partial charge in [0.25, 0.3) is 5.91 Å². The molecule has 9 nitrogen and oxygen atoms in total. The summed E-state index contributed by atoms with van der Waals surface area (Å²) in [5, 5.41) is 2.69. The van der Waals surface area contributed by atoms with Crippen LogP contribution in [0.25, 0.3) is 0 Å². The molecule has 0 aliphatic heterocycles. The van der Waals surface area contributed by atoms with Gasteiger partial charge >= 0.3 is 5.97 Å². The van der Waals surface area contributed by atoms with Crippen molar-refractivity contribution >= 4 is 33.3 Å². The van der Waals surface area contributed by atoms with Crippen LogP contribution in [0.1, 0.15) is 23.0 Å². The summed E-state index contributed by atoms with van der Waals surface area (Å²) in [6, 6.07) is 15.8. The van der Waals surface area contributed by atoms with Crippen LogP contribution in [-0.4, -0.2) is 40.5 Å². The monoisotopic (exact) mass is 471 g/mol. The van der Waals surface area contributed by atoms with Crippen LogP contribution in [0.2, 0.25) is 0 Å². The van der Waals surface area contributed by atoms with Gasteiger partial charge < -0.3 is 19.4 Å². The first-order chi connectivity index (χ1) is 15.7. The molecule has 1 amide bonds. The highest BCUT2D eigenvalue weighted by atomic mass is 32.2.